The Balaban J connectivity index is 1.84. The molecule has 1 saturated heterocycles. The van der Waals surface area contributed by atoms with Crippen LogP contribution < -0.4 is 10.6 Å². The highest BCUT2D eigenvalue weighted by Gasteiger charge is 2.43. The fraction of sp³-hybridized carbons (Fsp3) is 0.600. The molecule has 0 bridgehead atoms. The van der Waals surface area contributed by atoms with Gasteiger partial charge in [-0.1, -0.05) is 12.8 Å². The van der Waals surface area contributed by atoms with Crippen molar-refractivity contribution in [1.29, 1.82) is 0 Å². The Hall–Kier alpha value is -0.810. The van der Waals surface area contributed by atoms with Crippen molar-refractivity contribution in [3.63, 3.8) is 0 Å². The molecule has 1 aliphatic heterocycles. The number of anilines is 2. The number of piperidine rings is 1. The maximum absolute atomic E-state index is 13.5. The lowest BCUT2D eigenvalue weighted by atomic mass is 9.71. The van der Waals surface area contributed by atoms with Crippen LogP contribution in [0.25, 0.3) is 0 Å². The van der Waals surface area contributed by atoms with Gasteiger partial charge in [-0.2, -0.15) is 0 Å². The average molecular weight is 343 g/mol. The van der Waals surface area contributed by atoms with Gasteiger partial charge in [-0.05, 0) is 41.3 Å². The molecule has 1 aromatic carbocycles. The van der Waals surface area contributed by atoms with E-state index in [0.29, 0.717) is 16.1 Å². The van der Waals surface area contributed by atoms with Gasteiger partial charge in [-0.3, -0.25) is 0 Å². The lowest BCUT2D eigenvalue weighted by molar-refractivity contribution is -0.0612. The minimum atomic E-state index is -0.499. The molecule has 1 saturated carbocycles. The summed E-state index contributed by atoms with van der Waals surface area (Å²) in [7, 11) is 0. The molecule has 0 aromatic heterocycles. The number of rotatable bonds is 1. The molecule has 2 aliphatic rings. The first kappa shape index (κ1) is 14.1. The summed E-state index contributed by atoms with van der Waals surface area (Å²) in [5, 5.41) is 10.7. The van der Waals surface area contributed by atoms with E-state index in [9.17, 15) is 9.50 Å². The molecule has 110 valence electrons. The van der Waals surface area contributed by atoms with E-state index in [1.807, 2.05) is 0 Å². The fourth-order valence-corrected chi connectivity index (χ4v) is 3.95. The number of benzene rings is 1. The lowest BCUT2D eigenvalue weighted by Crippen LogP contribution is -2.53. The van der Waals surface area contributed by atoms with Crippen LogP contribution in [-0.2, 0) is 0 Å². The Morgan fingerprint density at radius 2 is 2.15 bits per heavy atom. The van der Waals surface area contributed by atoms with E-state index in [2.05, 4.69) is 20.8 Å². The molecule has 0 radical (unpaired) electrons. The third kappa shape index (κ3) is 2.42. The van der Waals surface area contributed by atoms with Crippen molar-refractivity contribution in [3.05, 3.63) is 22.4 Å². The zero-order valence-electron chi connectivity index (χ0n) is 11.4. The number of hydrogen-bond acceptors (Lipinski definition) is 3. The van der Waals surface area contributed by atoms with Gasteiger partial charge in [0, 0.05) is 25.1 Å². The minimum Gasteiger partial charge on any atom is -0.397 e. The van der Waals surface area contributed by atoms with Gasteiger partial charge in [0.1, 0.15) is 5.82 Å². The van der Waals surface area contributed by atoms with Gasteiger partial charge < -0.3 is 15.7 Å². The summed E-state index contributed by atoms with van der Waals surface area (Å²) >= 11 is 3.22. The average Bonchev–Trinajstić information content (AvgIpc) is 2.42. The topological polar surface area (TPSA) is 49.5 Å². The first-order chi connectivity index (χ1) is 9.49. The quantitative estimate of drug-likeness (QED) is 0.770. The molecule has 0 spiro atoms. The molecule has 1 aromatic rings. The second-order valence-electron chi connectivity index (χ2n) is 6.07. The number of fused-ring (bicyclic) bond motifs is 1. The van der Waals surface area contributed by atoms with Crippen molar-refractivity contribution in [2.75, 3.05) is 23.7 Å². The summed E-state index contributed by atoms with van der Waals surface area (Å²) in [5.74, 6) is -0.0364. The first-order valence-corrected chi connectivity index (χ1v) is 8.01. The molecular weight excluding hydrogens is 323 g/mol. The first-order valence-electron chi connectivity index (χ1n) is 7.21. The van der Waals surface area contributed by atoms with Crippen LogP contribution in [0, 0.1) is 11.7 Å². The third-order valence-corrected chi connectivity index (χ3v) is 5.45. The van der Waals surface area contributed by atoms with Crippen molar-refractivity contribution < 1.29 is 9.50 Å². The van der Waals surface area contributed by atoms with Gasteiger partial charge in [0.05, 0.1) is 21.4 Å². The predicted octanol–water partition coefficient (Wildman–Crippen LogP) is 3.30. The van der Waals surface area contributed by atoms with Crippen LogP contribution in [0.2, 0.25) is 0 Å². The standard InChI is InChI=1S/C15H20BrFN2O/c16-11-7-14(13(18)8-12(11)17)19-6-5-15(20)4-2-1-3-10(15)9-19/h7-8,10,20H,1-6,9,18H2. The maximum atomic E-state index is 13.5. The lowest BCUT2D eigenvalue weighted by Gasteiger charge is -2.48. The highest BCUT2D eigenvalue weighted by atomic mass is 79.9. The smallest absolute Gasteiger partial charge is 0.139 e. The van der Waals surface area contributed by atoms with E-state index >= 15 is 0 Å². The molecule has 0 amide bonds. The van der Waals surface area contributed by atoms with Crippen LogP contribution in [0.3, 0.4) is 0 Å². The summed E-state index contributed by atoms with van der Waals surface area (Å²) in [5.41, 5.74) is 6.79. The van der Waals surface area contributed by atoms with Crippen LogP contribution in [0.5, 0.6) is 0 Å². The molecule has 1 heterocycles. The van der Waals surface area contributed by atoms with E-state index < -0.39 is 5.60 Å². The molecule has 20 heavy (non-hydrogen) atoms. The van der Waals surface area contributed by atoms with E-state index in [1.165, 1.54) is 12.5 Å². The second-order valence-corrected chi connectivity index (χ2v) is 6.92. The highest BCUT2D eigenvalue weighted by molar-refractivity contribution is 9.10. The SMILES string of the molecule is Nc1cc(F)c(Br)cc1N1CCC2(O)CCCCC2C1. The van der Waals surface area contributed by atoms with Crippen molar-refractivity contribution in [3.8, 4) is 0 Å². The zero-order chi connectivity index (χ0) is 14.3. The summed E-state index contributed by atoms with van der Waals surface area (Å²) in [6.07, 6.45) is 5.05. The van der Waals surface area contributed by atoms with Crippen molar-refractivity contribution in [2.45, 2.75) is 37.7 Å². The summed E-state index contributed by atoms with van der Waals surface area (Å²) in [6, 6.07) is 3.11. The number of nitrogens with zero attached hydrogens (tertiary/aromatic N) is 1. The summed E-state index contributed by atoms with van der Waals surface area (Å²) in [4.78, 5) is 2.18. The molecule has 2 fully saturated rings. The molecule has 3 nitrogen and oxygen atoms in total. The minimum absolute atomic E-state index is 0.299. The summed E-state index contributed by atoms with van der Waals surface area (Å²) < 4.78 is 13.9. The van der Waals surface area contributed by atoms with E-state index in [4.69, 9.17) is 5.73 Å². The van der Waals surface area contributed by atoms with Crippen molar-refractivity contribution >= 4 is 27.3 Å². The molecule has 2 unspecified atom stereocenters. The number of nitrogens with two attached hydrogens (primary N) is 1. The predicted molar refractivity (Wildman–Crippen MR) is 82.3 cm³/mol. The van der Waals surface area contributed by atoms with Crippen LogP contribution in [0.15, 0.2) is 16.6 Å². The third-order valence-electron chi connectivity index (χ3n) is 4.84. The van der Waals surface area contributed by atoms with E-state index in [0.717, 1.165) is 44.5 Å². The van der Waals surface area contributed by atoms with Crippen LogP contribution in [0.4, 0.5) is 15.8 Å². The normalized spacial score (nSPS) is 30.1. The molecular formula is C15H20BrFN2O. The van der Waals surface area contributed by atoms with Gasteiger partial charge in [0.15, 0.2) is 0 Å². The Bertz CT molecular complexity index is 525. The van der Waals surface area contributed by atoms with Crippen molar-refractivity contribution in [1.82, 2.24) is 0 Å². The van der Waals surface area contributed by atoms with Gasteiger partial charge >= 0.3 is 0 Å². The van der Waals surface area contributed by atoms with Gasteiger partial charge in [0.25, 0.3) is 0 Å². The zero-order valence-corrected chi connectivity index (χ0v) is 13.0. The Labute approximate surface area is 127 Å². The number of nitrogen functional groups attached to an aromatic ring is 1. The summed E-state index contributed by atoms with van der Waals surface area (Å²) in [6.45, 7) is 1.58. The monoisotopic (exact) mass is 342 g/mol. The Morgan fingerprint density at radius 1 is 1.35 bits per heavy atom. The molecule has 5 heteroatoms. The Morgan fingerprint density at radius 3 is 2.95 bits per heavy atom. The van der Waals surface area contributed by atoms with Crippen LogP contribution >= 0.6 is 15.9 Å². The number of aliphatic hydroxyl groups is 1. The highest BCUT2D eigenvalue weighted by Crippen LogP contribution is 2.42. The van der Waals surface area contributed by atoms with Crippen molar-refractivity contribution in [2.24, 2.45) is 5.92 Å². The second kappa shape index (κ2) is 5.19. The number of halogens is 2. The largest absolute Gasteiger partial charge is 0.397 e. The Kier molecular flexibility index (Phi) is 3.67. The van der Waals surface area contributed by atoms with E-state index in [1.54, 1.807) is 6.07 Å². The molecule has 2 atom stereocenters. The van der Waals surface area contributed by atoms with Gasteiger partial charge in [-0.25, -0.2) is 4.39 Å². The molecule has 1 aliphatic carbocycles. The van der Waals surface area contributed by atoms with Crippen LogP contribution in [0.1, 0.15) is 32.1 Å². The van der Waals surface area contributed by atoms with E-state index in [-0.39, 0.29) is 5.82 Å². The fourth-order valence-electron chi connectivity index (χ4n) is 3.62. The molecule has 3 N–H and O–H groups in total. The molecule has 3 rings (SSSR count). The van der Waals surface area contributed by atoms with Gasteiger partial charge in [-0.15, -0.1) is 0 Å². The van der Waals surface area contributed by atoms with Gasteiger partial charge in [0.2, 0.25) is 0 Å². The van der Waals surface area contributed by atoms with Crippen LogP contribution in [-0.4, -0.2) is 23.8 Å². The number of hydrogen-bond donors (Lipinski definition) is 2. The maximum Gasteiger partial charge on any atom is 0.139 e.